The van der Waals surface area contributed by atoms with Crippen LogP contribution in [0, 0.1) is 35.5 Å². The van der Waals surface area contributed by atoms with Crippen molar-refractivity contribution >= 4 is 5.78 Å². The van der Waals surface area contributed by atoms with Gasteiger partial charge in [-0.1, -0.05) is 60.7 Å². The smallest absolute Gasteiger partial charge is 0.142 e. The maximum Gasteiger partial charge on any atom is 0.142 e. The topological polar surface area (TPSA) is 49.8 Å². The second kappa shape index (κ2) is 7.84. The van der Waals surface area contributed by atoms with Gasteiger partial charge in [-0.3, -0.25) is 9.69 Å². The van der Waals surface area contributed by atoms with Gasteiger partial charge in [0.25, 0.3) is 0 Å². The van der Waals surface area contributed by atoms with Crippen LogP contribution in [-0.4, -0.2) is 41.6 Å². The molecular formula is C27H31NO3. The van der Waals surface area contributed by atoms with Crippen LogP contribution in [0.1, 0.15) is 30.1 Å². The van der Waals surface area contributed by atoms with Gasteiger partial charge in [-0.15, -0.1) is 0 Å². The van der Waals surface area contributed by atoms with Gasteiger partial charge in [-0.25, -0.2) is 0 Å². The number of piperidine rings is 1. The molecule has 2 aliphatic heterocycles. The molecule has 2 heterocycles. The monoisotopic (exact) mass is 417 g/mol. The van der Waals surface area contributed by atoms with Crippen molar-refractivity contribution in [3.8, 4) is 0 Å². The fourth-order valence-corrected chi connectivity index (χ4v) is 6.52. The van der Waals surface area contributed by atoms with E-state index >= 15 is 0 Å². The van der Waals surface area contributed by atoms with E-state index in [2.05, 4.69) is 47.4 Å². The zero-order chi connectivity index (χ0) is 20.9. The molecule has 5 aliphatic rings. The van der Waals surface area contributed by atoms with Crippen LogP contribution < -0.4 is 0 Å². The molecule has 2 aromatic carbocycles. The van der Waals surface area contributed by atoms with Crippen molar-refractivity contribution in [1.82, 2.24) is 4.90 Å². The van der Waals surface area contributed by atoms with E-state index in [4.69, 9.17) is 4.74 Å². The maximum atomic E-state index is 12.1. The van der Waals surface area contributed by atoms with Gasteiger partial charge in [0.15, 0.2) is 0 Å². The summed E-state index contributed by atoms with van der Waals surface area (Å²) in [7, 11) is 0. The van der Waals surface area contributed by atoms with E-state index < -0.39 is 0 Å². The summed E-state index contributed by atoms with van der Waals surface area (Å²) in [6.45, 7) is 3.30. The summed E-state index contributed by atoms with van der Waals surface area (Å²) < 4.78 is 5.85. The summed E-state index contributed by atoms with van der Waals surface area (Å²) >= 11 is 0. The summed E-state index contributed by atoms with van der Waals surface area (Å²) in [5.41, 5.74) is 2.53. The molecule has 4 heteroatoms. The number of aliphatic hydroxyl groups excluding tert-OH is 1. The highest BCUT2D eigenvalue weighted by atomic mass is 16.5. The predicted molar refractivity (Wildman–Crippen MR) is 118 cm³/mol. The number of carbonyl (C=O) groups excluding carboxylic acids is 1. The lowest BCUT2D eigenvalue weighted by Crippen LogP contribution is -2.35. The number of hydrogen-bond acceptors (Lipinski definition) is 4. The first-order valence-electron chi connectivity index (χ1n) is 11.8. The van der Waals surface area contributed by atoms with Gasteiger partial charge in [0, 0.05) is 25.0 Å². The number of nitrogens with zero attached hydrogens (tertiary/aromatic N) is 1. The molecule has 4 nitrogen and oxygen atoms in total. The Morgan fingerprint density at radius 2 is 1.68 bits per heavy atom. The van der Waals surface area contributed by atoms with Crippen molar-refractivity contribution in [2.24, 2.45) is 35.5 Å². The van der Waals surface area contributed by atoms with Gasteiger partial charge in [-0.05, 0) is 47.6 Å². The molecule has 2 aromatic rings. The first kappa shape index (κ1) is 19.7. The van der Waals surface area contributed by atoms with E-state index in [9.17, 15) is 9.90 Å². The maximum absolute atomic E-state index is 12.1. The molecule has 0 amide bonds. The average molecular weight is 418 g/mol. The summed E-state index contributed by atoms with van der Waals surface area (Å²) in [6.07, 6.45) is 2.51. The Bertz CT molecular complexity index is 932. The first-order valence-corrected chi connectivity index (χ1v) is 11.8. The number of benzene rings is 2. The van der Waals surface area contributed by atoms with E-state index in [0.29, 0.717) is 36.2 Å². The van der Waals surface area contributed by atoms with Crippen molar-refractivity contribution < 1.29 is 14.6 Å². The van der Waals surface area contributed by atoms with Crippen LogP contribution in [0.15, 0.2) is 60.7 Å². The molecule has 3 saturated carbocycles. The third-order valence-corrected chi connectivity index (χ3v) is 8.29. The number of hydrogen-bond donors (Lipinski definition) is 1. The molecule has 0 aromatic heterocycles. The van der Waals surface area contributed by atoms with E-state index in [1.165, 1.54) is 24.1 Å². The Labute approximate surface area is 184 Å². The minimum atomic E-state index is 0.0338. The molecule has 0 radical (unpaired) electrons. The molecule has 4 unspecified atom stereocenters. The zero-order valence-electron chi connectivity index (χ0n) is 17.8. The molecule has 1 N–H and O–H groups in total. The number of carbonyl (C=O) groups is 1. The average Bonchev–Trinajstić information content (AvgIpc) is 3.66. The zero-order valence-corrected chi connectivity index (χ0v) is 17.8. The van der Waals surface area contributed by atoms with Crippen molar-refractivity contribution in [2.75, 3.05) is 19.8 Å². The molecular weight excluding hydrogens is 386 g/mol. The molecule has 3 aliphatic carbocycles. The van der Waals surface area contributed by atoms with Crippen LogP contribution in [0.2, 0.25) is 0 Å². The number of rotatable bonds is 4. The highest BCUT2D eigenvalue weighted by Gasteiger charge is 2.64. The predicted octanol–water partition coefficient (Wildman–Crippen LogP) is 3.71. The first-order chi connectivity index (χ1) is 15.2. The molecule has 0 bridgehead atoms. The fraction of sp³-hybridized carbons (Fsp3) is 0.519. The lowest BCUT2D eigenvalue weighted by Gasteiger charge is -2.25. The SMILES string of the molecule is O=C1C2C(c3ccccc3)OC[C@@H]2C2C[C@@H]12.OC[C@@H]1C2C[C@H]2CN1Cc1ccccc1. The van der Waals surface area contributed by atoms with Crippen LogP contribution in [-0.2, 0) is 16.1 Å². The van der Waals surface area contributed by atoms with Crippen LogP contribution in [0.25, 0.3) is 0 Å². The number of ether oxygens (including phenoxy) is 1. The quantitative estimate of drug-likeness (QED) is 0.824. The van der Waals surface area contributed by atoms with E-state index in [0.717, 1.165) is 31.4 Å². The van der Waals surface area contributed by atoms with E-state index in [1.54, 1.807) is 0 Å². The van der Waals surface area contributed by atoms with Gasteiger partial charge in [0.1, 0.15) is 5.78 Å². The van der Waals surface area contributed by atoms with Crippen molar-refractivity contribution in [1.29, 1.82) is 0 Å². The van der Waals surface area contributed by atoms with Crippen LogP contribution in [0.3, 0.4) is 0 Å². The van der Waals surface area contributed by atoms with E-state index in [1.807, 2.05) is 18.2 Å². The third-order valence-electron chi connectivity index (χ3n) is 8.29. The summed E-state index contributed by atoms with van der Waals surface area (Å²) in [4.78, 5) is 14.6. The molecule has 0 spiro atoms. The number of aliphatic hydroxyl groups is 1. The van der Waals surface area contributed by atoms with Gasteiger partial charge in [-0.2, -0.15) is 0 Å². The molecule has 8 atom stereocenters. The number of likely N-dealkylation sites (tertiary alicyclic amines) is 1. The van der Waals surface area contributed by atoms with Crippen molar-refractivity contribution in [3.63, 3.8) is 0 Å². The van der Waals surface area contributed by atoms with E-state index in [-0.39, 0.29) is 12.0 Å². The van der Waals surface area contributed by atoms with Gasteiger partial charge in [0.05, 0.1) is 25.2 Å². The molecule has 162 valence electrons. The van der Waals surface area contributed by atoms with Crippen molar-refractivity contribution in [3.05, 3.63) is 71.8 Å². The lowest BCUT2D eigenvalue weighted by atomic mass is 9.86. The Morgan fingerprint density at radius 3 is 2.42 bits per heavy atom. The Hall–Kier alpha value is -2.01. The van der Waals surface area contributed by atoms with Crippen LogP contribution >= 0.6 is 0 Å². The van der Waals surface area contributed by atoms with Gasteiger partial charge < -0.3 is 9.84 Å². The molecule has 7 rings (SSSR count). The molecule has 2 saturated heterocycles. The van der Waals surface area contributed by atoms with Gasteiger partial charge >= 0.3 is 0 Å². The second-order valence-electron chi connectivity index (χ2n) is 10.1. The molecule has 5 fully saturated rings. The highest BCUT2D eigenvalue weighted by Crippen LogP contribution is 2.61. The fourth-order valence-electron chi connectivity index (χ4n) is 6.52. The number of ketones is 1. The number of fused-ring (bicyclic) bond motifs is 4. The number of Topliss-reactive ketones (excluding diaryl/α,β-unsaturated/α-hetero) is 1. The lowest BCUT2D eigenvalue weighted by molar-refractivity contribution is -0.124. The van der Waals surface area contributed by atoms with Crippen LogP contribution in [0.4, 0.5) is 0 Å². The highest BCUT2D eigenvalue weighted by molar-refractivity contribution is 5.90. The minimum Gasteiger partial charge on any atom is -0.395 e. The van der Waals surface area contributed by atoms with Gasteiger partial charge in [0.2, 0.25) is 0 Å². The minimum absolute atomic E-state index is 0.0338. The Balaban J connectivity index is 0.000000120. The largest absolute Gasteiger partial charge is 0.395 e. The van der Waals surface area contributed by atoms with Crippen molar-refractivity contribution in [2.45, 2.75) is 31.5 Å². The van der Waals surface area contributed by atoms with Crippen LogP contribution in [0.5, 0.6) is 0 Å². The Morgan fingerprint density at radius 1 is 0.935 bits per heavy atom. The normalized spacial score (nSPS) is 39.3. The second-order valence-corrected chi connectivity index (χ2v) is 10.1. The summed E-state index contributed by atoms with van der Waals surface area (Å²) in [5, 5.41) is 9.37. The Kier molecular flexibility index (Phi) is 4.97. The summed E-state index contributed by atoms with van der Waals surface area (Å²) in [6, 6.07) is 21.2. The summed E-state index contributed by atoms with van der Waals surface area (Å²) in [5.74, 6) is 3.87. The third kappa shape index (κ3) is 3.55. The standard InChI is InChI=1S/C14H14O2.C13H17NO/c15-13-10-6-9(10)11-7-16-14(12(11)13)8-4-2-1-3-5-8;15-9-13-12-6-11(12)8-14(13)7-10-4-2-1-3-5-10/h1-5,9-12,14H,6-7H2;1-5,11-13,15H,6-9H2/t9?,10-,11-,12?,14?;11-,12?,13+/m10/s1. The molecule has 31 heavy (non-hydrogen) atoms.